The molecule has 8 nitrogen and oxygen atoms in total. The number of esters is 1. The highest BCUT2D eigenvalue weighted by atomic mass is 32.2. The first kappa shape index (κ1) is 24.5. The summed E-state index contributed by atoms with van der Waals surface area (Å²) >= 11 is 0. The summed E-state index contributed by atoms with van der Waals surface area (Å²) in [5.41, 5.74) is 3.34. The van der Waals surface area contributed by atoms with E-state index in [0.717, 1.165) is 17.1 Å². The fraction of sp³-hybridized carbons (Fsp3) is 0.308. The van der Waals surface area contributed by atoms with Gasteiger partial charge in [0.15, 0.2) is 16.4 Å². The van der Waals surface area contributed by atoms with Gasteiger partial charge in [-0.15, -0.1) is 0 Å². The maximum Gasteiger partial charge on any atom is 0.340 e. The molecule has 2 aromatic carbocycles. The zero-order valence-electron chi connectivity index (χ0n) is 19.9. The Balaban J connectivity index is 1.51. The highest BCUT2D eigenvalue weighted by Gasteiger charge is 2.36. The normalized spacial score (nSPS) is 16.6. The Bertz CT molecular complexity index is 1330. The van der Waals surface area contributed by atoms with Gasteiger partial charge in [-0.1, -0.05) is 18.2 Å². The van der Waals surface area contributed by atoms with Crippen molar-refractivity contribution >= 4 is 27.4 Å². The van der Waals surface area contributed by atoms with Gasteiger partial charge >= 0.3 is 5.97 Å². The van der Waals surface area contributed by atoms with E-state index in [2.05, 4.69) is 0 Å². The minimum atomic E-state index is -3.21. The largest absolute Gasteiger partial charge is 0.497 e. The summed E-state index contributed by atoms with van der Waals surface area (Å²) in [4.78, 5) is 27.5. The van der Waals surface area contributed by atoms with Crippen molar-refractivity contribution in [2.45, 2.75) is 26.3 Å². The van der Waals surface area contributed by atoms with Gasteiger partial charge in [0.25, 0.3) is 5.91 Å². The van der Waals surface area contributed by atoms with Crippen LogP contribution in [0.2, 0.25) is 0 Å². The van der Waals surface area contributed by atoms with Gasteiger partial charge in [0.05, 0.1) is 30.2 Å². The Labute approximate surface area is 205 Å². The van der Waals surface area contributed by atoms with Gasteiger partial charge in [0, 0.05) is 22.8 Å². The second kappa shape index (κ2) is 9.95. The molecule has 0 bridgehead atoms. The van der Waals surface area contributed by atoms with Crippen LogP contribution in [0.4, 0.5) is 5.69 Å². The number of hydrogen-bond donors (Lipinski definition) is 0. The maximum atomic E-state index is 13.2. The van der Waals surface area contributed by atoms with Crippen molar-refractivity contribution in [1.82, 2.24) is 4.57 Å². The fourth-order valence-corrected chi connectivity index (χ4v) is 6.20. The van der Waals surface area contributed by atoms with Crippen LogP contribution in [-0.2, 0) is 19.4 Å². The number of hydrogen-bond acceptors (Lipinski definition) is 6. The van der Waals surface area contributed by atoms with Crippen LogP contribution in [0.5, 0.6) is 5.75 Å². The average Bonchev–Trinajstić information content (AvgIpc) is 3.35. The van der Waals surface area contributed by atoms with E-state index in [-0.39, 0.29) is 11.5 Å². The summed E-state index contributed by atoms with van der Waals surface area (Å²) in [6.45, 7) is 3.21. The summed E-state index contributed by atoms with van der Waals surface area (Å²) in [5.74, 6) is -0.419. The van der Waals surface area contributed by atoms with Crippen molar-refractivity contribution in [2.24, 2.45) is 0 Å². The second-order valence-corrected chi connectivity index (χ2v) is 10.8. The maximum absolute atomic E-state index is 13.2. The SMILES string of the molecule is COc1ccc(-n2c(C)cc(C(=O)OCC(=O)N(c3ccccc3)[C@H]3CCS(=O)(=O)C3)c2C)cc1. The molecule has 1 atom stereocenters. The third-order valence-electron chi connectivity index (χ3n) is 6.19. The van der Waals surface area contributed by atoms with Gasteiger partial charge < -0.3 is 18.9 Å². The molecule has 2 heterocycles. The molecule has 1 amide bonds. The minimum absolute atomic E-state index is 0.0332. The Morgan fingerprint density at radius 1 is 1.06 bits per heavy atom. The van der Waals surface area contributed by atoms with E-state index in [1.165, 1.54) is 4.90 Å². The van der Waals surface area contributed by atoms with Gasteiger partial charge in [-0.25, -0.2) is 13.2 Å². The molecule has 0 spiro atoms. The quantitative estimate of drug-likeness (QED) is 0.465. The van der Waals surface area contributed by atoms with Gasteiger partial charge in [-0.05, 0) is 62.7 Å². The van der Waals surface area contributed by atoms with Crippen molar-refractivity contribution in [3.05, 3.63) is 77.6 Å². The van der Waals surface area contributed by atoms with Gasteiger partial charge in [-0.2, -0.15) is 0 Å². The summed E-state index contributed by atoms with van der Waals surface area (Å²) in [7, 11) is -1.61. The Morgan fingerprint density at radius 3 is 2.34 bits per heavy atom. The van der Waals surface area contributed by atoms with Crippen LogP contribution in [0, 0.1) is 13.8 Å². The number of amides is 1. The van der Waals surface area contributed by atoms with E-state index in [1.54, 1.807) is 37.4 Å². The lowest BCUT2D eigenvalue weighted by atomic mass is 10.2. The molecule has 0 N–H and O–H groups in total. The van der Waals surface area contributed by atoms with Crippen molar-refractivity contribution in [3.63, 3.8) is 0 Å². The molecule has 35 heavy (non-hydrogen) atoms. The number of sulfone groups is 1. The van der Waals surface area contributed by atoms with Crippen molar-refractivity contribution in [2.75, 3.05) is 30.1 Å². The molecular formula is C26H28N2O6S. The molecule has 9 heteroatoms. The fourth-order valence-electron chi connectivity index (χ4n) is 4.50. The van der Waals surface area contributed by atoms with E-state index in [9.17, 15) is 18.0 Å². The number of aryl methyl sites for hydroxylation is 1. The van der Waals surface area contributed by atoms with E-state index < -0.39 is 34.4 Å². The number of anilines is 1. The molecule has 1 saturated heterocycles. The van der Waals surface area contributed by atoms with Crippen LogP contribution < -0.4 is 9.64 Å². The molecule has 0 radical (unpaired) electrons. The zero-order valence-corrected chi connectivity index (χ0v) is 20.7. The molecule has 1 aromatic heterocycles. The van der Waals surface area contributed by atoms with Crippen molar-refractivity contribution in [1.29, 1.82) is 0 Å². The van der Waals surface area contributed by atoms with Gasteiger partial charge in [0.2, 0.25) is 0 Å². The highest BCUT2D eigenvalue weighted by molar-refractivity contribution is 7.91. The monoisotopic (exact) mass is 496 g/mol. The lowest BCUT2D eigenvalue weighted by molar-refractivity contribution is -0.122. The van der Waals surface area contributed by atoms with Gasteiger partial charge in [-0.3, -0.25) is 4.79 Å². The number of carbonyl (C=O) groups is 2. The molecule has 3 aromatic rings. The van der Waals surface area contributed by atoms with E-state index in [1.807, 2.05) is 48.7 Å². The van der Waals surface area contributed by atoms with Crippen molar-refractivity contribution < 1.29 is 27.5 Å². The third kappa shape index (κ3) is 5.24. The number of benzene rings is 2. The standard InChI is InChI=1S/C26H28N2O6S/c1-18-15-24(19(2)27(18)21-9-11-23(33-3)12-10-21)26(30)34-16-25(29)28(20-7-5-4-6-8-20)22-13-14-35(31,32)17-22/h4-12,15,22H,13-14,16-17H2,1-3H3/t22-/m0/s1. The molecule has 184 valence electrons. The first-order chi connectivity index (χ1) is 16.7. The van der Waals surface area contributed by atoms with Crippen LogP contribution in [0.1, 0.15) is 28.2 Å². The lowest BCUT2D eigenvalue weighted by Crippen LogP contribution is -2.43. The summed E-state index contributed by atoms with van der Waals surface area (Å²) in [5, 5.41) is 0. The van der Waals surface area contributed by atoms with E-state index >= 15 is 0 Å². The highest BCUT2D eigenvalue weighted by Crippen LogP contribution is 2.26. The molecule has 1 aliphatic heterocycles. The van der Waals surface area contributed by atoms with Crippen LogP contribution in [0.3, 0.4) is 0 Å². The molecule has 0 unspecified atom stereocenters. The lowest BCUT2D eigenvalue weighted by Gasteiger charge is -2.28. The number of rotatable bonds is 7. The summed E-state index contributed by atoms with van der Waals surface area (Å²) in [6.07, 6.45) is 0.347. The average molecular weight is 497 g/mol. The second-order valence-electron chi connectivity index (χ2n) is 8.55. The first-order valence-corrected chi connectivity index (χ1v) is 13.1. The predicted molar refractivity (Wildman–Crippen MR) is 133 cm³/mol. The number of para-hydroxylation sites is 1. The third-order valence-corrected chi connectivity index (χ3v) is 7.94. The summed E-state index contributed by atoms with van der Waals surface area (Å²) < 4.78 is 36.6. The topological polar surface area (TPSA) is 94.9 Å². The molecule has 0 saturated carbocycles. The van der Waals surface area contributed by atoms with E-state index in [4.69, 9.17) is 9.47 Å². The van der Waals surface area contributed by atoms with E-state index in [0.29, 0.717) is 23.4 Å². The number of carbonyl (C=O) groups excluding carboxylic acids is 2. The Hall–Kier alpha value is -3.59. The molecule has 0 aliphatic carbocycles. The predicted octanol–water partition coefficient (Wildman–Crippen LogP) is 3.48. The van der Waals surface area contributed by atoms with Crippen molar-refractivity contribution in [3.8, 4) is 11.4 Å². The minimum Gasteiger partial charge on any atom is -0.497 e. The Kier molecular flexibility index (Phi) is 6.98. The van der Waals surface area contributed by atoms with Crippen LogP contribution in [-0.4, -0.2) is 56.1 Å². The summed E-state index contributed by atoms with van der Waals surface area (Å²) in [6, 6.07) is 17.6. The number of methoxy groups -OCH3 is 1. The Morgan fingerprint density at radius 2 is 1.74 bits per heavy atom. The van der Waals surface area contributed by atoms with Crippen LogP contribution in [0.25, 0.3) is 5.69 Å². The van der Waals surface area contributed by atoms with Crippen LogP contribution in [0.15, 0.2) is 60.7 Å². The number of aromatic nitrogens is 1. The molecule has 1 aliphatic rings. The smallest absolute Gasteiger partial charge is 0.340 e. The zero-order chi connectivity index (χ0) is 25.2. The number of ether oxygens (including phenoxy) is 2. The van der Waals surface area contributed by atoms with Gasteiger partial charge in [0.1, 0.15) is 5.75 Å². The number of nitrogens with zero attached hydrogens (tertiary/aromatic N) is 2. The molecular weight excluding hydrogens is 468 g/mol. The first-order valence-electron chi connectivity index (χ1n) is 11.3. The van der Waals surface area contributed by atoms with Crippen LogP contribution >= 0.6 is 0 Å². The molecule has 4 rings (SSSR count). The molecule has 1 fully saturated rings.